The first-order chi connectivity index (χ1) is 17.6. The highest BCUT2D eigenvalue weighted by Gasteiger charge is 2.49. The Morgan fingerprint density at radius 2 is 1.74 bits per heavy atom. The van der Waals surface area contributed by atoms with Crippen molar-refractivity contribution in [2.75, 3.05) is 12.3 Å². The molecule has 0 aromatic carbocycles. The molecule has 2 aliphatic heterocycles. The third-order valence-electron chi connectivity index (χ3n) is 5.72. The molecule has 4 heterocycles. The number of hydrogen-bond donors (Lipinski definition) is 9. The molecule has 11 atom stereocenters. The van der Waals surface area contributed by atoms with Crippen molar-refractivity contribution in [1.29, 1.82) is 0 Å². The van der Waals surface area contributed by atoms with Crippen LogP contribution in [0.15, 0.2) is 11.1 Å². The number of aromatic nitrogens is 4. The second-order valence-corrected chi connectivity index (χ2v) is 11.4. The maximum atomic E-state index is 12.3. The predicted octanol–water partition coefficient (Wildman–Crippen LogP) is -3.60. The maximum Gasteiger partial charge on any atom is 0.483 e. The van der Waals surface area contributed by atoms with Crippen LogP contribution in [0.1, 0.15) is 13.2 Å². The number of aliphatic hydroxyl groups is 5. The minimum atomic E-state index is -5.50. The normalized spacial score (nSPS) is 37.2. The van der Waals surface area contributed by atoms with E-state index in [1.165, 1.54) is 6.92 Å². The van der Waals surface area contributed by atoms with Gasteiger partial charge in [-0.3, -0.25) is 23.4 Å². The van der Waals surface area contributed by atoms with Crippen LogP contribution in [0.2, 0.25) is 0 Å². The van der Waals surface area contributed by atoms with Crippen LogP contribution < -0.4 is 11.3 Å². The van der Waals surface area contributed by atoms with Crippen LogP contribution >= 0.6 is 15.6 Å². The highest BCUT2D eigenvalue weighted by atomic mass is 31.3. The quantitative estimate of drug-likeness (QED) is 0.134. The SMILES string of the molecule is C[C@@H]1O[C@H](OP(=O)(O)OP(=O)(O)OC[C@@H]2O[C@@H](n3cnc4c(=O)[nH]c(N)nc43)[C@H](O)[C@H]2O)[C@@H](O)[C@H](O)[C@H]1O. The van der Waals surface area contributed by atoms with Crippen molar-refractivity contribution in [1.82, 2.24) is 19.5 Å². The minimum Gasteiger partial charge on any atom is -0.388 e. The number of phosphoric acid groups is 2. The highest BCUT2D eigenvalue weighted by molar-refractivity contribution is 7.61. The summed E-state index contributed by atoms with van der Waals surface area (Å²) in [6.07, 6.45) is -13.8. The second kappa shape index (κ2) is 10.6. The van der Waals surface area contributed by atoms with E-state index in [0.29, 0.717) is 0 Å². The summed E-state index contributed by atoms with van der Waals surface area (Å²) in [5.74, 6) is -0.266. The lowest BCUT2D eigenvalue weighted by atomic mass is 10.0. The van der Waals surface area contributed by atoms with Crippen LogP contribution in [0.4, 0.5) is 5.95 Å². The Morgan fingerprint density at radius 1 is 1.05 bits per heavy atom. The van der Waals surface area contributed by atoms with E-state index >= 15 is 0 Å². The molecule has 2 aliphatic rings. The van der Waals surface area contributed by atoms with Gasteiger partial charge in [-0.25, -0.2) is 14.1 Å². The summed E-state index contributed by atoms with van der Waals surface area (Å²) in [5, 5.41) is 50.0. The smallest absolute Gasteiger partial charge is 0.388 e. The number of anilines is 1. The van der Waals surface area contributed by atoms with Gasteiger partial charge >= 0.3 is 15.6 Å². The first kappa shape index (κ1) is 29.1. The van der Waals surface area contributed by atoms with Gasteiger partial charge in [0.05, 0.1) is 19.0 Å². The van der Waals surface area contributed by atoms with Gasteiger partial charge in [0.15, 0.2) is 23.7 Å². The summed E-state index contributed by atoms with van der Waals surface area (Å²) < 4.78 is 49.3. The third-order valence-corrected chi connectivity index (χ3v) is 8.32. The van der Waals surface area contributed by atoms with E-state index in [-0.39, 0.29) is 17.1 Å². The van der Waals surface area contributed by atoms with Gasteiger partial charge in [0.25, 0.3) is 5.56 Å². The van der Waals surface area contributed by atoms with Crippen molar-refractivity contribution in [2.24, 2.45) is 0 Å². The molecule has 2 unspecified atom stereocenters. The zero-order valence-electron chi connectivity index (χ0n) is 19.2. The van der Waals surface area contributed by atoms with E-state index in [1.807, 2.05) is 0 Å². The Labute approximate surface area is 211 Å². The first-order valence-corrected chi connectivity index (χ1v) is 13.7. The molecule has 20 nitrogen and oxygen atoms in total. The van der Waals surface area contributed by atoms with Gasteiger partial charge in [0.2, 0.25) is 5.95 Å². The number of imidazole rings is 1. The van der Waals surface area contributed by atoms with Crippen LogP contribution in [-0.2, 0) is 32.0 Å². The van der Waals surface area contributed by atoms with Crippen LogP contribution in [0.3, 0.4) is 0 Å². The average molecular weight is 589 g/mol. The molecule has 0 aliphatic carbocycles. The summed E-state index contributed by atoms with van der Waals surface area (Å²) >= 11 is 0. The van der Waals surface area contributed by atoms with Crippen molar-refractivity contribution in [3.8, 4) is 0 Å². The summed E-state index contributed by atoms with van der Waals surface area (Å²) in [6, 6.07) is 0. The van der Waals surface area contributed by atoms with Gasteiger partial charge in [-0.05, 0) is 6.92 Å². The number of rotatable bonds is 8. The summed E-state index contributed by atoms with van der Waals surface area (Å²) in [6.45, 7) is 0.291. The molecule has 0 spiro atoms. The molecular weight excluding hydrogens is 564 g/mol. The molecule has 214 valence electrons. The zero-order chi connectivity index (χ0) is 28.2. The Bertz CT molecular complexity index is 1320. The number of ether oxygens (including phenoxy) is 2. The van der Waals surface area contributed by atoms with Crippen LogP contribution in [-0.4, -0.2) is 110 Å². The molecule has 4 rings (SSSR count). The summed E-state index contributed by atoms with van der Waals surface area (Å²) in [4.78, 5) is 41.7. The summed E-state index contributed by atoms with van der Waals surface area (Å²) in [7, 11) is -10.9. The van der Waals surface area contributed by atoms with E-state index in [2.05, 4.69) is 28.3 Å². The van der Waals surface area contributed by atoms with Crippen molar-refractivity contribution < 1.29 is 67.3 Å². The molecule has 22 heteroatoms. The van der Waals surface area contributed by atoms with Gasteiger partial charge in [0.1, 0.15) is 36.6 Å². The fraction of sp³-hybridized carbons (Fsp3) is 0.688. The molecule has 10 N–H and O–H groups in total. The number of hydrogen-bond acceptors (Lipinski definition) is 16. The van der Waals surface area contributed by atoms with Crippen molar-refractivity contribution in [3.05, 3.63) is 16.7 Å². The van der Waals surface area contributed by atoms with Crippen LogP contribution in [0.5, 0.6) is 0 Å². The minimum absolute atomic E-state index is 0.0994. The molecule has 2 fully saturated rings. The second-order valence-electron chi connectivity index (χ2n) is 8.42. The molecule has 38 heavy (non-hydrogen) atoms. The number of nitrogens with zero attached hydrogens (tertiary/aromatic N) is 3. The van der Waals surface area contributed by atoms with E-state index in [4.69, 9.17) is 15.2 Å². The first-order valence-electron chi connectivity index (χ1n) is 10.7. The summed E-state index contributed by atoms with van der Waals surface area (Å²) in [5.41, 5.74) is 4.59. The number of nitrogen functional groups attached to an aromatic ring is 1. The maximum absolute atomic E-state index is 12.3. The van der Waals surface area contributed by atoms with Gasteiger partial charge in [-0.2, -0.15) is 9.29 Å². The predicted molar refractivity (Wildman–Crippen MR) is 119 cm³/mol. The Hall–Kier alpha value is -1.87. The Balaban J connectivity index is 1.39. The molecule has 0 bridgehead atoms. The van der Waals surface area contributed by atoms with Crippen molar-refractivity contribution in [2.45, 2.75) is 62.2 Å². The average Bonchev–Trinajstić information content (AvgIpc) is 3.35. The van der Waals surface area contributed by atoms with E-state index in [0.717, 1.165) is 10.9 Å². The monoisotopic (exact) mass is 589 g/mol. The number of nitrogens with two attached hydrogens (primary N) is 1. The fourth-order valence-electron chi connectivity index (χ4n) is 3.80. The molecule has 0 saturated carbocycles. The lowest BCUT2D eigenvalue weighted by molar-refractivity contribution is -0.271. The number of aromatic amines is 1. The van der Waals surface area contributed by atoms with Gasteiger partial charge in [-0.1, -0.05) is 0 Å². The lowest BCUT2D eigenvalue weighted by Crippen LogP contribution is -2.57. The van der Waals surface area contributed by atoms with Crippen LogP contribution in [0, 0.1) is 0 Å². The van der Waals surface area contributed by atoms with Gasteiger partial charge < -0.3 is 50.5 Å². The lowest BCUT2D eigenvalue weighted by Gasteiger charge is -2.38. The molecule has 0 amide bonds. The third kappa shape index (κ3) is 5.83. The van der Waals surface area contributed by atoms with E-state index in [9.17, 15) is 49.2 Å². The number of nitrogens with one attached hydrogen (secondary N) is 1. The van der Waals surface area contributed by atoms with Crippen LogP contribution in [0.25, 0.3) is 11.2 Å². The molecular formula is C16H25N5O15P2. The van der Waals surface area contributed by atoms with Gasteiger partial charge in [0, 0.05) is 0 Å². The van der Waals surface area contributed by atoms with Crippen molar-refractivity contribution >= 4 is 32.8 Å². The number of aliphatic hydroxyl groups excluding tert-OH is 5. The van der Waals surface area contributed by atoms with Crippen molar-refractivity contribution in [3.63, 3.8) is 0 Å². The Morgan fingerprint density at radius 3 is 2.42 bits per heavy atom. The number of phosphoric ester groups is 2. The molecule has 2 aromatic rings. The topological polar surface area (TPSA) is 311 Å². The standard InChI is InChI=1S/C16H25N5O15P2/c1-4-7(22)9(24)11(26)15(33-4)35-38(30,31)36-37(28,29)32-2-5-8(23)10(25)14(34-5)21-3-18-6-12(21)19-16(17)20-13(6)27/h3-5,7-11,14-15,22-26H,2H2,1H3,(H,28,29)(H,30,31)(H3,17,19,20,27)/t4-,5-,7-,8-,9+,10+,11-,14+,15+/m0/s1. The largest absolute Gasteiger partial charge is 0.483 e. The van der Waals surface area contributed by atoms with E-state index in [1.54, 1.807) is 0 Å². The molecule has 2 saturated heterocycles. The highest BCUT2D eigenvalue weighted by Crippen LogP contribution is 2.61. The molecule has 0 radical (unpaired) electrons. The van der Waals surface area contributed by atoms with E-state index < -0.39 is 83.1 Å². The Kier molecular flexibility index (Phi) is 8.12. The molecule has 2 aromatic heterocycles. The van der Waals surface area contributed by atoms with Gasteiger partial charge in [-0.15, -0.1) is 0 Å². The number of fused-ring (bicyclic) bond motifs is 1. The number of H-pyrrole nitrogens is 1. The fourth-order valence-corrected chi connectivity index (χ4v) is 5.96. The zero-order valence-corrected chi connectivity index (χ0v) is 21.0.